The molecule has 0 fully saturated rings. The van der Waals surface area contributed by atoms with E-state index in [0.29, 0.717) is 24.3 Å². The summed E-state index contributed by atoms with van der Waals surface area (Å²) in [7, 11) is 1.58. The second-order valence-electron chi connectivity index (χ2n) is 7.13. The van der Waals surface area contributed by atoms with Crippen LogP contribution in [0.25, 0.3) is 32.9 Å². The highest BCUT2D eigenvalue weighted by atomic mass is 32.1. The van der Waals surface area contributed by atoms with Gasteiger partial charge in [-0.05, 0) is 29.0 Å². The summed E-state index contributed by atoms with van der Waals surface area (Å²) in [5.74, 6) is 0.335. The van der Waals surface area contributed by atoms with E-state index in [9.17, 15) is 4.79 Å². The van der Waals surface area contributed by atoms with Gasteiger partial charge in [-0.15, -0.1) is 11.3 Å². The summed E-state index contributed by atoms with van der Waals surface area (Å²) in [6.45, 7) is 0.510. The number of rotatable bonds is 6. The smallest absolute Gasteiger partial charge is 0.255 e. The van der Waals surface area contributed by atoms with Gasteiger partial charge in [0.15, 0.2) is 0 Å². The van der Waals surface area contributed by atoms with Gasteiger partial charge < -0.3 is 10.1 Å². The van der Waals surface area contributed by atoms with Crippen molar-refractivity contribution in [2.45, 2.75) is 6.42 Å². The summed E-state index contributed by atoms with van der Waals surface area (Å²) in [6, 6.07) is 18.0. The normalized spacial score (nSPS) is 11.1. The number of nitrogens with zero attached hydrogens (tertiary/aromatic N) is 2. The molecule has 31 heavy (non-hydrogen) atoms. The largest absolute Gasteiger partial charge is 0.495 e. The Morgan fingerprint density at radius 2 is 2.00 bits per heavy atom. The maximum atomic E-state index is 12.9. The number of thiazole rings is 1. The fourth-order valence-electron chi connectivity index (χ4n) is 3.77. The number of nitrogens with one attached hydrogen (secondary N) is 2. The second-order valence-corrected chi connectivity index (χ2v) is 8.11. The van der Waals surface area contributed by atoms with Crippen molar-refractivity contribution in [1.82, 2.24) is 20.5 Å². The van der Waals surface area contributed by atoms with E-state index in [1.165, 1.54) is 5.39 Å². The molecule has 0 aliphatic heterocycles. The van der Waals surface area contributed by atoms with Crippen molar-refractivity contribution in [1.29, 1.82) is 0 Å². The van der Waals surface area contributed by atoms with Crippen molar-refractivity contribution in [3.8, 4) is 17.0 Å². The third-order valence-corrected chi connectivity index (χ3v) is 6.10. The fraction of sp³-hybridized carbons (Fsp3) is 0.125. The molecule has 5 rings (SSSR count). The van der Waals surface area contributed by atoms with Gasteiger partial charge in [0.25, 0.3) is 5.91 Å². The molecule has 2 aromatic heterocycles. The summed E-state index contributed by atoms with van der Waals surface area (Å²) in [5, 5.41) is 16.6. The van der Waals surface area contributed by atoms with Crippen LogP contribution < -0.4 is 10.1 Å². The predicted molar refractivity (Wildman–Crippen MR) is 124 cm³/mol. The number of ether oxygens (including phenoxy) is 1. The first-order valence-electron chi connectivity index (χ1n) is 9.95. The molecule has 0 saturated carbocycles. The minimum Gasteiger partial charge on any atom is -0.495 e. The van der Waals surface area contributed by atoms with Gasteiger partial charge in [0.05, 0.1) is 28.6 Å². The number of methoxy groups -OCH3 is 1. The van der Waals surface area contributed by atoms with E-state index in [-0.39, 0.29) is 5.91 Å². The van der Waals surface area contributed by atoms with Gasteiger partial charge in [-0.3, -0.25) is 9.89 Å². The molecule has 0 spiro atoms. The lowest BCUT2D eigenvalue weighted by atomic mass is 10.0. The minimum atomic E-state index is -0.180. The molecule has 2 heterocycles. The third kappa shape index (κ3) is 3.64. The minimum absolute atomic E-state index is 0.180. The van der Waals surface area contributed by atoms with E-state index in [2.05, 4.69) is 44.8 Å². The van der Waals surface area contributed by atoms with Crippen LogP contribution >= 0.6 is 11.3 Å². The molecule has 1 amide bonds. The van der Waals surface area contributed by atoms with Crippen LogP contribution in [0.3, 0.4) is 0 Å². The first kappa shape index (κ1) is 19.3. The lowest BCUT2D eigenvalue weighted by Gasteiger charge is -2.11. The number of carbonyl (C=O) groups excluding carboxylic acids is 1. The van der Waals surface area contributed by atoms with Crippen LogP contribution in [-0.4, -0.2) is 34.7 Å². The predicted octanol–water partition coefficient (Wildman–Crippen LogP) is 4.82. The first-order chi connectivity index (χ1) is 15.2. The van der Waals surface area contributed by atoms with Crippen molar-refractivity contribution in [2.24, 2.45) is 0 Å². The van der Waals surface area contributed by atoms with E-state index in [0.717, 1.165) is 32.6 Å². The Labute approximate surface area is 182 Å². The van der Waals surface area contributed by atoms with Crippen LogP contribution in [0.1, 0.15) is 15.4 Å². The molecule has 5 aromatic rings. The highest BCUT2D eigenvalue weighted by molar-refractivity contribution is 7.09. The Kier molecular flexibility index (Phi) is 5.09. The summed E-state index contributed by atoms with van der Waals surface area (Å²) in [6.07, 6.45) is 2.47. The van der Waals surface area contributed by atoms with Gasteiger partial charge in [0.2, 0.25) is 0 Å². The van der Waals surface area contributed by atoms with E-state index in [4.69, 9.17) is 4.74 Å². The molecule has 0 unspecified atom stereocenters. The Morgan fingerprint density at radius 1 is 1.13 bits per heavy atom. The fourth-order valence-corrected chi connectivity index (χ4v) is 4.39. The van der Waals surface area contributed by atoms with Gasteiger partial charge in [-0.1, -0.05) is 36.4 Å². The van der Waals surface area contributed by atoms with Crippen molar-refractivity contribution in [2.75, 3.05) is 13.7 Å². The number of H-pyrrole nitrogens is 1. The average molecular weight is 429 g/mol. The van der Waals surface area contributed by atoms with E-state index in [1.54, 1.807) is 30.7 Å². The standard InChI is InChI=1S/C24H20N4O2S/c1-30-23-18(24(29)26-11-10-20-25-12-13-31-20)8-9-19-21(23)22(28-27-19)17-7-6-15-4-2-3-5-16(15)14-17/h2-9,12-14H,10-11H2,1H3,(H,26,29)(H,27,28). The molecule has 0 aliphatic carbocycles. The zero-order chi connectivity index (χ0) is 21.2. The van der Waals surface area contributed by atoms with E-state index < -0.39 is 0 Å². The topological polar surface area (TPSA) is 79.9 Å². The van der Waals surface area contributed by atoms with E-state index in [1.807, 2.05) is 29.6 Å². The van der Waals surface area contributed by atoms with Crippen molar-refractivity contribution >= 4 is 38.9 Å². The lowest BCUT2D eigenvalue weighted by Crippen LogP contribution is -2.26. The summed E-state index contributed by atoms with van der Waals surface area (Å²) in [4.78, 5) is 17.2. The van der Waals surface area contributed by atoms with Gasteiger partial charge in [-0.2, -0.15) is 5.10 Å². The maximum absolute atomic E-state index is 12.9. The number of aromatic amines is 1. The first-order valence-corrected chi connectivity index (χ1v) is 10.8. The molecule has 0 radical (unpaired) electrons. The van der Waals surface area contributed by atoms with Crippen LogP contribution in [0.5, 0.6) is 5.75 Å². The van der Waals surface area contributed by atoms with Gasteiger partial charge in [0, 0.05) is 30.1 Å². The zero-order valence-electron chi connectivity index (χ0n) is 16.9. The molecule has 154 valence electrons. The van der Waals surface area contributed by atoms with E-state index >= 15 is 0 Å². The average Bonchev–Trinajstić information content (AvgIpc) is 3.48. The van der Waals surface area contributed by atoms with Gasteiger partial charge >= 0.3 is 0 Å². The molecular formula is C24H20N4O2S. The number of amides is 1. The Balaban J connectivity index is 1.51. The monoisotopic (exact) mass is 428 g/mol. The van der Waals surface area contributed by atoms with Crippen LogP contribution in [0, 0.1) is 0 Å². The Morgan fingerprint density at radius 3 is 2.81 bits per heavy atom. The number of hydrogen-bond donors (Lipinski definition) is 2. The molecule has 0 atom stereocenters. The number of fused-ring (bicyclic) bond motifs is 2. The van der Waals surface area contributed by atoms with Gasteiger partial charge in [0.1, 0.15) is 11.4 Å². The molecule has 0 saturated heterocycles. The number of carbonyl (C=O) groups is 1. The number of hydrogen-bond acceptors (Lipinski definition) is 5. The second kappa shape index (κ2) is 8.20. The van der Waals surface area contributed by atoms with Crippen LogP contribution in [-0.2, 0) is 6.42 Å². The molecule has 2 N–H and O–H groups in total. The Bertz CT molecular complexity index is 1380. The third-order valence-electron chi connectivity index (χ3n) is 5.26. The highest BCUT2D eigenvalue weighted by Crippen LogP contribution is 2.37. The van der Waals surface area contributed by atoms with Crippen LogP contribution in [0.15, 0.2) is 66.2 Å². The molecule has 0 aliphatic rings. The quantitative estimate of drug-likeness (QED) is 0.406. The SMILES string of the molecule is COc1c(C(=O)NCCc2nccs2)ccc2[nH]nc(-c3ccc4ccccc4c3)c12. The lowest BCUT2D eigenvalue weighted by molar-refractivity contribution is 0.0951. The molecular weight excluding hydrogens is 408 g/mol. The number of aromatic nitrogens is 3. The zero-order valence-corrected chi connectivity index (χ0v) is 17.7. The summed E-state index contributed by atoms with van der Waals surface area (Å²) < 4.78 is 5.71. The van der Waals surface area contributed by atoms with Crippen LogP contribution in [0.4, 0.5) is 0 Å². The molecule has 3 aromatic carbocycles. The summed E-state index contributed by atoms with van der Waals surface area (Å²) in [5.41, 5.74) is 3.02. The molecule has 0 bridgehead atoms. The van der Waals surface area contributed by atoms with Crippen LogP contribution in [0.2, 0.25) is 0 Å². The molecule has 7 heteroatoms. The number of benzene rings is 3. The van der Waals surface area contributed by atoms with Gasteiger partial charge in [-0.25, -0.2) is 4.98 Å². The van der Waals surface area contributed by atoms with Crippen molar-refractivity contribution in [3.05, 3.63) is 76.7 Å². The molecule has 6 nitrogen and oxygen atoms in total. The highest BCUT2D eigenvalue weighted by Gasteiger charge is 2.20. The summed E-state index contributed by atoms with van der Waals surface area (Å²) >= 11 is 1.58. The maximum Gasteiger partial charge on any atom is 0.255 e. The van der Waals surface area contributed by atoms with Crippen molar-refractivity contribution in [3.63, 3.8) is 0 Å². The Hall–Kier alpha value is -3.71. The van der Waals surface area contributed by atoms with Crippen molar-refractivity contribution < 1.29 is 9.53 Å².